The smallest absolute Gasteiger partial charge is 0.126 e. The molecule has 0 aromatic carbocycles. The number of nitrogens with zero attached hydrogens (tertiary/aromatic N) is 1. The summed E-state index contributed by atoms with van der Waals surface area (Å²) >= 11 is 0. The highest BCUT2D eigenvalue weighted by Gasteiger charge is 1.86. The van der Waals surface area contributed by atoms with E-state index in [1.54, 1.807) is 6.20 Å². The van der Waals surface area contributed by atoms with Crippen LogP contribution in [0.15, 0.2) is 12.3 Å². The zero-order chi connectivity index (χ0) is 5.98. The van der Waals surface area contributed by atoms with Crippen LogP contribution in [-0.4, -0.2) is 4.98 Å². The molecule has 0 aliphatic rings. The lowest BCUT2D eigenvalue weighted by Crippen LogP contribution is -1.91. The molecule has 1 rings (SSSR count). The fraction of sp³-hybridized carbons (Fsp3) is 0.167. The Morgan fingerprint density at radius 1 is 1.75 bits per heavy atom. The predicted molar refractivity (Wildman–Crippen MR) is 32.2 cm³/mol. The van der Waals surface area contributed by atoms with Crippen molar-refractivity contribution >= 4 is 5.82 Å². The number of hydrogen-bond donors (Lipinski definition) is 1. The summed E-state index contributed by atoms with van der Waals surface area (Å²) in [5.41, 5.74) is 6.37. The molecule has 0 aliphatic heterocycles. The summed E-state index contributed by atoms with van der Waals surface area (Å²) in [5, 5.41) is 0. The minimum Gasteiger partial charge on any atom is -0.383 e. The van der Waals surface area contributed by atoms with E-state index < -0.39 is 0 Å². The molecular formula is C6H7N2. The standard InChI is InChI=1S/C6H7N2/c1-5-3-2-4-8-6(5)7/h3-4H,1H3,(H2,7,8). The second-order valence-corrected chi connectivity index (χ2v) is 1.64. The Balaban J connectivity index is 3.13. The monoisotopic (exact) mass is 107 g/mol. The number of anilines is 1. The van der Waals surface area contributed by atoms with Gasteiger partial charge in [-0.25, -0.2) is 4.98 Å². The number of aryl methyl sites for hydroxylation is 1. The lowest BCUT2D eigenvalue weighted by molar-refractivity contribution is 1.27. The summed E-state index contributed by atoms with van der Waals surface area (Å²) in [7, 11) is 0. The summed E-state index contributed by atoms with van der Waals surface area (Å²) in [6, 6.07) is 4.62. The van der Waals surface area contributed by atoms with Gasteiger partial charge < -0.3 is 5.73 Å². The number of aromatic nitrogens is 1. The van der Waals surface area contributed by atoms with E-state index in [1.165, 1.54) is 0 Å². The Morgan fingerprint density at radius 3 is 2.88 bits per heavy atom. The van der Waals surface area contributed by atoms with Crippen molar-refractivity contribution in [3.05, 3.63) is 23.9 Å². The average molecular weight is 107 g/mol. The maximum Gasteiger partial charge on any atom is 0.126 e. The summed E-state index contributed by atoms with van der Waals surface area (Å²) in [4.78, 5) is 3.80. The van der Waals surface area contributed by atoms with Crippen LogP contribution >= 0.6 is 0 Å². The van der Waals surface area contributed by atoms with Gasteiger partial charge in [-0.1, -0.05) is 0 Å². The maximum atomic E-state index is 5.39. The second-order valence-electron chi connectivity index (χ2n) is 1.64. The van der Waals surface area contributed by atoms with Gasteiger partial charge in [0.05, 0.1) is 0 Å². The van der Waals surface area contributed by atoms with Crippen LogP contribution in [0.2, 0.25) is 0 Å². The van der Waals surface area contributed by atoms with Crippen LogP contribution in [0.25, 0.3) is 0 Å². The molecule has 1 aromatic rings. The average Bonchev–Trinajstić information content (AvgIpc) is 1.77. The molecule has 2 nitrogen and oxygen atoms in total. The highest BCUT2D eigenvalue weighted by Crippen LogP contribution is 2.01. The van der Waals surface area contributed by atoms with Gasteiger partial charge in [-0.3, -0.25) is 0 Å². The molecule has 1 radical (unpaired) electrons. The van der Waals surface area contributed by atoms with Crippen molar-refractivity contribution in [3.8, 4) is 0 Å². The molecule has 0 saturated carbocycles. The quantitative estimate of drug-likeness (QED) is 0.532. The summed E-state index contributed by atoms with van der Waals surface area (Å²) in [6.45, 7) is 1.90. The van der Waals surface area contributed by atoms with Crippen molar-refractivity contribution < 1.29 is 0 Å². The van der Waals surface area contributed by atoms with Crippen molar-refractivity contribution in [2.24, 2.45) is 0 Å². The Bertz CT molecular complexity index is 163. The molecular weight excluding hydrogens is 100 g/mol. The number of hydrogen-bond acceptors (Lipinski definition) is 2. The van der Waals surface area contributed by atoms with E-state index in [-0.39, 0.29) is 0 Å². The molecule has 0 amide bonds. The van der Waals surface area contributed by atoms with Gasteiger partial charge in [0.25, 0.3) is 0 Å². The van der Waals surface area contributed by atoms with E-state index in [2.05, 4.69) is 11.1 Å². The molecule has 0 atom stereocenters. The van der Waals surface area contributed by atoms with E-state index in [0.717, 1.165) is 5.56 Å². The van der Waals surface area contributed by atoms with Crippen LogP contribution in [0.5, 0.6) is 0 Å². The molecule has 1 aromatic heterocycles. The molecule has 0 spiro atoms. The van der Waals surface area contributed by atoms with Gasteiger partial charge in [-0.15, -0.1) is 0 Å². The van der Waals surface area contributed by atoms with Crippen molar-refractivity contribution in [2.75, 3.05) is 5.73 Å². The Labute approximate surface area is 48.4 Å². The lowest BCUT2D eigenvalue weighted by atomic mass is 10.3. The molecule has 2 N–H and O–H groups in total. The van der Waals surface area contributed by atoms with Gasteiger partial charge in [-0.05, 0) is 18.6 Å². The summed E-state index contributed by atoms with van der Waals surface area (Å²) < 4.78 is 0. The Kier molecular flexibility index (Phi) is 1.16. The zero-order valence-electron chi connectivity index (χ0n) is 4.68. The van der Waals surface area contributed by atoms with E-state index in [1.807, 2.05) is 13.0 Å². The Morgan fingerprint density at radius 2 is 2.50 bits per heavy atom. The first-order valence-electron chi connectivity index (χ1n) is 2.39. The molecule has 1 heterocycles. The highest BCUT2D eigenvalue weighted by atomic mass is 14.8. The van der Waals surface area contributed by atoms with Gasteiger partial charge in [0.2, 0.25) is 0 Å². The van der Waals surface area contributed by atoms with E-state index in [9.17, 15) is 0 Å². The topological polar surface area (TPSA) is 38.9 Å². The fourth-order valence-electron chi connectivity index (χ4n) is 0.445. The number of rotatable bonds is 0. The van der Waals surface area contributed by atoms with Gasteiger partial charge >= 0.3 is 0 Å². The molecule has 0 aliphatic carbocycles. The van der Waals surface area contributed by atoms with Crippen LogP contribution in [-0.2, 0) is 0 Å². The molecule has 41 valence electrons. The highest BCUT2D eigenvalue weighted by molar-refractivity contribution is 5.36. The first-order chi connectivity index (χ1) is 3.80. The van der Waals surface area contributed by atoms with E-state index >= 15 is 0 Å². The van der Waals surface area contributed by atoms with Gasteiger partial charge in [0, 0.05) is 12.3 Å². The summed E-state index contributed by atoms with van der Waals surface area (Å²) in [6.07, 6.45) is 1.56. The number of nitrogens with two attached hydrogens (primary N) is 1. The number of pyridine rings is 1. The minimum atomic E-state index is 0.587. The van der Waals surface area contributed by atoms with Crippen molar-refractivity contribution in [2.45, 2.75) is 6.92 Å². The van der Waals surface area contributed by atoms with Gasteiger partial charge in [0.15, 0.2) is 0 Å². The predicted octanol–water partition coefficient (Wildman–Crippen LogP) is 0.772. The number of nitrogen functional groups attached to an aromatic ring is 1. The third kappa shape index (κ3) is 0.780. The normalized spacial score (nSPS) is 9.12. The largest absolute Gasteiger partial charge is 0.383 e. The molecule has 0 unspecified atom stereocenters. The SMILES string of the molecule is Cc1c[c]cnc1N. The first kappa shape index (κ1) is 5.09. The minimum absolute atomic E-state index is 0.587. The first-order valence-corrected chi connectivity index (χ1v) is 2.39. The van der Waals surface area contributed by atoms with E-state index in [0.29, 0.717) is 5.82 Å². The van der Waals surface area contributed by atoms with Crippen LogP contribution < -0.4 is 5.73 Å². The molecule has 0 saturated heterocycles. The van der Waals surface area contributed by atoms with Gasteiger partial charge in [0.1, 0.15) is 5.82 Å². The Hall–Kier alpha value is -1.05. The van der Waals surface area contributed by atoms with Gasteiger partial charge in [-0.2, -0.15) is 0 Å². The summed E-state index contributed by atoms with van der Waals surface area (Å²) in [5.74, 6) is 0.587. The second kappa shape index (κ2) is 1.82. The van der Waals surface area contributed by atoms with Crippen LogP contribution in [0.1, 0.15) is 5.56 Å². The molecule has 0 bridgehead atoms. The molecule has 0 fully saturated rings. The third-order valence-corrected chi connectivity index (χ3v) is 0.982. The molecule has 2 heteroatoms. The van der Waals surface area contributed by atoms with Crippen molar-refractivity contribution in [1.82, 2.24) is 4.98 Å². The lowest BCUT2D eigenvalue weighted by Gasteiger charge is -1.92. The van der Waals surface area contributed by atoms with Crippen LogP contribution in [0, 0.1) is 13.0 Å². The van der Waals surface area contributed by atoms with Crippen LogP contribution in [0.3, 0.4) is 0 Å². The molecule has 8 heavy (non-hydrogen) atoms. The van der Waals surface area contributed by atoms with Crippen LogP contribution in [0.4, 0.5) is 5.82 Å². The van der Waals surface area contributed by atoms with E-state index in [4.69, 9.17) is 5.73 Å². The maximum absolute atomic E-state index is 5.39. The third-order valence-electron chi connectivity index (χ3n) is 0.982. The fourth-order valence-corrected chi connectivity index (χ4v) is 0.445. The zero-order valence-corrected chi connectivity index (χ0v) is 4.68. The van der Waals surface area contributed by atoms with Crippen molar-refractivity contribution in [1.29, 1.82) is 0 Å². The van der Waals surface area contributed by atoms with Crippen molar-refractivity contribution in [3.63, 3.8) is 0 Å².